The molecule has 1 aliphatic rings. The lowest BCUT2D eigenvalue weighted by Crippen LogP contribution is -2.50. The number of carbonyl (C=O) groups excluding carboxylic acids is 2. The van der Waals surface area contributed by atoms with E-state index in [0.29, 0.717) is 24.4 Å². The summed E-state index contributed by atoms with van der Waals surface area (Å²) in [6, 6.07) is 15.4. The summed E-state index contributed by atoms with van der Waals surface area (Å²) in [7, 11) is 3.08. The minimum Gasteiger partial charge on any atom is -0.497 e. The maximum Gasteiger partial charge on any atom is 0.407 e. The average Bonchev–Trinajstić information content (AvgIpc) is 2.99. The largest absolute Gasteiger partial charge is 0.497 e. The van der Waals surface area contributed by atoms with E-state index in [1.807, 2.05) is 38.1 Å². The SMILES string of the molecule is COc1ccc(COC[C@H](C)N2C[C@@H](C)[C@H](CN(C)C(=O)O)Oc3c(NC(=O)c4ccncc4)cccc3C2=O)cc1. The van der Waals surface area contributed by atoms with Crippen LogP contribution in [0.3, 0.4) is 0 Å². The van der Waals surface area contributed by atoms with Gasteiger partial charge in [-0.1, -0.05) is 25.1 Å². The molecule has 42 heavy (non-hydrogen) atoms. The minimum absolute atomic E-state index is 0.0625. The van der Waals surface area contributed by atoms with Crippen molar-refractivity contribution in [1.82, 2.24) is 14.8 Å². The van der Waals surface area contributed by atoms with Crippen molar-refractivity contribution in [2.75, 3.05) is 39.2 Å². The van der Waals surface area contributed by atoms with E-state index in [4.69, 9.17) is 14.2 Å². The number of rotatable bonds is 10. The van der Waals surface area contributed by atoms with E-state index in [2.05, 4.69) is 10.3 Å². The molecule has 1 aliphatic heterocycles. The number of pyridine rings is 1. The van der Waals surface area contributed by atoms with E-state index in [0.717, 1.165) is 16.2 Å². The first-order chi connectivity index (χ1) is 20.2. The molecule has 0 saturated carbocycles. The number of nitrogens with zero attached hydrogens (tertiary/aromatic N) is 3. The van der Waals surface area contributed by atoms with Crippen LogP contribution in [0.4, 0.5) is 10.5 Å². The van der Waals surface area contributed by atoms with Crippen molar-refractivity contribution in [1.29, 1.82) is 0 Å². The molecular formula is C31H36N4O7. The molecule has 2 heterocycles. The van der Waals surface area contributed by atoms with Gasteiger partial charge in [-0.2, -0.15) is 0 Å². The Kier molecular flexibility index (Phi) is 9.98. The number of methoxy groups -OCH3 is 1. The molecule has 1 aromatic heterocycles. The summed E-state index contributed by atoms with van der Waals surface area (Å²) < 4.78 is 17.6. The molecule has 11 heteroatoms. The van der Waals surface area contributed by atoms with E-state index in [9.17, 15) is 19.5 Å². The topological polar surface area (TPSA) is 131 Å². The van der Waals surface area contributed by atoms with E-state index >= 15 is 0 Å². The first kappa shape index (κ1) is 30.3. The number of likely N-dealkylation sites (N-methyl/N-ethyl adjacent to an activating group) is 1. The normalized spacial score (nSPS) is 17.2. The summed E-state index contributed by atoms with van der Waals surface area (Å²) >= 11 is 0. The fraction of sp³-hybridized carbons (Fsp3) is 0.355. The van der Waals surface area contributed by atoms with Gasteiger partial charge in [0.1, 0.15) is 11.9 Å². The average molecular weight is 577 g/mol. The first-order valence-electron chi connectivity index (χ1n) is 13.6. The number of amides is 3. The van der Waals surface area contributed by atoms with Gasteiger partial charge in [0, 0.05) is 37.5 Å². The molecule has 3 amide bonds. The lowest BCUT2D eigenvalue weighted by Gasteiger charge is -2.38. The highest BCUT2D eigenvalue weighted by molar-refractivity contribution is 6.07. The minimum atomic E-state index is -1.10. The van der Waals surface area contributed by atoms with Crippen molar-refractivity contribution in [3.05, 3.63) is 83.7 Å². The van der Waals surface area contributed by atoms with E-state index in [1.165, 1.54) is 19.4 Å². The van der Waals surface area contributed by atoms with Crippen LogP contribution in [-0.4, -0.2) is 83.8 Å². The summed E-state index contributed by atoms with van der Waals surface area (Å²) in [6.07, 6.45) is 1.33. The zero-order valence-corrected chi connectivity index (χ0v) is 24.1. The molecule has 3 atom stereocenters. The van der Waals surface area contributed by atoms with Crippen LogP contribution in [0.25, 0.3) is 0 Å². The Balaban J connectivity index is 1.60. The highest BCUT2D eigenvalue weighted by atomic mass is 16.5. The summed E-state index contributed by atoms with van der Waals surface area (Å²) in [5.41, 5.74) is 1.93. The number of fused-ring (bicyclic) bond motifs is 1. The molecule has 222 valence electrons. The number of nitrogens with one attached hydrogen (secondary N) is 1. The zero-order chi connectivity index (χ0) is 30.2. The molecule has 0 bridgehead atoms. The van der Waals surface area contributed by atoms with Gasteiger partial charge in [-0.3, -0.25) is 14.6 Å². The van der Waals surface area contributed by atoms with Gasteiger partial charge < -0.3 is 34.4 Å². The first-order valence-corrected chi connectivity index (χ1v) is 13.6. The maximum atomic E-state index is 14.0. The Labute approximate surface area is 245 Å². The molecular weight excluding hydrogens is 540 g/mol. The molecule has 0 radical (unpaired) electrons. The smallest absolute Gasteiger partial charge is 0.407 e. The van der Waals surface area contributed by atoms with Gasteiger partial charge in [0.15, 0.2) is 5.75 Å². The monoisotopic (exact) mass is 576 g/mol. The second kappa shape index (κ2) is 13.8. The second-order valence-electron chi connectivity index (χ2n) is 10.3. The molecule has 0 unspecified atom stereocenters. The van der Waals surface area contributed by atoms with E-state index in [1.54, 1.807) is 42.3 Å². The van der Waals surface area contributed by atoms with E-state index < -0.39 is 18.1 Å². The van der Waals surface area contributed by atoms with Gasteiger partial charge in [0.25, 0.3) is 11.8 Å². The Morgan fingerprint density at radius 1 is 1.17 bits per heavy atom. The summed E-state index contributed by atoms with van der Waals surface area (Å²) in [5.74, 6) is 0.0249. The Morgan fingerprint density at radius 2 is 1.88 bits per heavy atom. The van der Waals surface area contributed by atoms with Crippen LogP contribution in [-0.2, 0) is 11.3 Å². The number of anilines is 1. The Hall–Kier alpha value is -4.64. The van der Waals surface area contributed by atoms with E-state index in [-0.39, 0.29) is 42.3 Å². The van der Waals surface area contributed by atoms with Crippen LogP contribution in [0, 0.1) is 5.92 Å². The molecule has 4 rings (SSSR count). The highest BCUT2D eigenvalue weighted by Gasteiger charge is 2.35. The predicted molar refractivity (Wildman–Crippen MR) is 156 cm³/mol. The molecule has 0 aliphatic carbocycles. The van der Waals surface area contributed by atoms with Gasteiger partial charge >= 0.3 is 6.09 Å². The summed E-state index contributed by atoms with van der Waals surface area (Å²) in [4.78, 5) is 45.4. The van der Waals surface area contributed by atoms with Crippen LogP contribution in [0.5, 0.6) is 11.5 Å². The van der Waals surface area contributed by atoms with Crippen LogP contribution >= 0.6 is 0 Å². The fourth-order valence-electron chi connectivity index (χ4n) is 4.67. The standard InChI is InChI=1S/C31H36N4O7/c1-20-16-35(21(2)18-41-19-22-8-10-24(40-4)11-9-22)30(37)25-6-5-7-26(33-29(36)23-12-14-32-15-13-23)28(25)42-27(20)17-34(3)31(38)39/h5-15,20-21,27H,16-19H2,1-4H3,(H,33,36)(H,38,39)/t20-,21+,27+/m1/s1. The van der Waals surface area contributed by atoms with Gasteiger partial charge in [-0.15, -0.1) is 0 Å². The third-order valence-corrected chi connectivity index (χ3v) is 7.18. The predicted octanol–water partition coefficient (Wildman–Crippen LogP) is 4.40. The number of hydrogen-bond donors (Lipinski definition) is 2. The lowest BCUT2D eigenvalue weighted by atomic mass is 9.99. The van der Waals surface area contributed by atoms with Crippen LogP contribution in [0.1, 0.15) is 40.1 Å². The van der Waals surface area contributed by atoms with Crippen LogP contribution in [0.15, 0.2) is 67.0 Å². The second-order valence-corrected chi connectivity index (χ2v) is 10.3. The number of carbonyl (C=O) groups is 3. The summed E-state index contributed by atoms with van der Waals surface area (Å²) in [6.45, 7) is 4.84. The molecule has 2 N–H and O–H groups in total. The fourth-order valence-corrected chi connectivity index (χ4v) is 4.67. The number of para-hydroxylation sites is 1. The molecule has 3 aromatic rings. The van der Waals surface area contributed by atoms with Gasteiger partial charge in [0.05, 0.1) is 44.2 Å². The Bertz CT molecular complexity index is 1380. The molecule has 0 spiro atoms. The van der Waals surface area contributed by atoms with Crippen LogP contribution in [0.2, 0.25) is 0 Å². The van der Waals surface area contributed by atoms with Crippen molar-refractivity contribution in [2.24, 2.45) is 5.92 Å². The third-order valence-electron chi connectivity index (χ3n) is 7.18. The third kappa shape index (κ3) is 7.35. The van der Waals surface area contributed by atoms with Crippen LogP contribution < -0.4 is 14.8 Å². The molecule has 0 fully saturated rings. The quantitative estimate of drug-likeness (QED) is 0.363. The van der Waals surface area contributed by atoms with Gasteiger partial charge in [-0.25, -0.2) is 4.79 Å². The number of ether oxygens (including phenoxy) is 3. The lowest BCUT2D eigenvalue weighted by molar-refractivity contribution is 0.0211. The van der Waals surface area contributed by atoms with Crippen molar-refractivity contribution in [3.63, 3.8) is 0 Å². The zero-order valence-electron chi connectivity index (χ0n) is 24.1. The highest BCUT2D eigenvalue weighted by Crippen LogP contribution is 2.35. The Morgan fingerprint density at radius 3 is 2.55 bits per heavy atom. The van der Waals surface area contributed by atoms with Crippen molar-refractivity contribution < 1.29 is 33.7 Å². The molecule has 11 nitrogen and oxygen atoms in total. The molecule has 2 aromatic carbocycles. The number of hydrogen-bond acceptors (Lipinski definition) is 7. The van der Waals surface area contributed by atoms with Gasteiger partial charge in [0.2, 0.25) is 0 Å². The number of aromatic nitrogens is 1. The number of benzene rings is 2. The van der Waals surface area contributed by atoms with Crippen molar-refractivity contribution in [3.8, 4) is 11.5 Å². The number of carboxylic acid groups (broad SMARTS) is 1. The maximum absolute atomic E-state index is 14.0. The summed E-state index contributed by atoms with van der Waals surface area (Å²) in [5, 5.41) is 12.4. The van der Waals surface area contributed by atoms with Gasteiger partial charge in [-0.05, 0) is 48.9 Å². The van der Waals surface area contributed by atoms with Crippen molar-refractivity contribution >= 4 is 23.6 Å². The molecule has 0 saturated heterocycles. The van der Waals surface area contributed by atoms with Crippen molar-refractivity contribution in [2.45, 2.75) is 32.6 Å².